The fourth-order valence-electron chi connectivity index (χ4n) is 2.51. The lowest BCUT2D eigenvalue weighted by molar-refractivity contribution is -0.127. The summed E-state index contributed by atoms with van der Waals surface area (Å²) in [5.41, 5.74) is 1.33. The van der Waals surface area contributed by atoms with Gasteiger partial charge in [0.1, 0.15) is 11.9 Å². The third kappa shape index (κ3) is 4.13. The smallest absolute Gasteiger partial charge is 0.252 e. The van der Waals surface area contributed by atoms with E-state index in [9.17, 15) is 9.59 Å². The Morgan fingerprint density at radius 1 is 0.962 bits per heavy atom. The first kappa shape index (κ1) is 17.3. The van der Waals surface area contributed by atoms with Crippen LogP contribution in [0.2, 0.25) is 0 Å². The van der Waals surface area contributed by atoms with E-state index in [-0.39, 0.29) is 11.8 Å². The van der Waals surface area contributed by atoms with Crippen LogP contribution < -0.4 is 10.6 Å². The number of hydrogen-bond acceptors (Lipinski definition) is 4. The molecule has 0 saturated carbocycles. The molecule has 132 valence electrons. The normalized spacial score (nSPS) is 12.8. The van der Waals surface area contributed by atoms with E-state index in [4.69, 9.17) is 0 Å². The third-order valence-corrected chi connectivity index (χ3v) is 3.97. The number of amides is 2. The SMILES string of the molecule is C[C@H](C(=O)N[C@@H](C(=O)Nc1ccn[nH]1)c1ccccc1)c1ccccn1. The number of carbonyl (C=O) groups excluding carboxylic acids is 2. The molecular formula is C19H19N5O2. The molecule has 2 amide bonds. The Morgan fingerprint density at radius 3 is 2.38 bits per heavy atom. The van der Waals surface area contributed by atoms with E-state index >= 15 is 0 Å². The van der Waals surface area contributed by atoms with Gasteiger partial charge in [-0.1, -0.05) is 36.4 Å². The van der Waals surface area contributed by atoms with Crippen LogP contribution in [0, 0.1) is 0 Å². The Morgan fingerprint density at radius 2 is 1.73 bits per heavy atom. The van der Waals surface area contributed by atoms with Gasteiger partial charge in [-0.15, -0.1) is 0 Å². The molecule has 0 aliphatic heterocycles. The highest BCUT2D eigenvalue weighted by Gasteiger charge is 2.26. The summed E-state index contributed by atoms with van der Waals surface area (Å²) < 4.78 is 0. The van der Waals surface area contributed by atoms with E-state index in [2.05, 4.69) is 25.8 Å². The van der Waals surface area contributed by atoms with Gasteiger partial charge in [0, 0.05) is 12.3 Å². The van der Waals surface area contributed by atoms with Crippen molar-refractivity contribution in [2.75, 3.05) is 5.32 Å². The molecule has 2 atom stereocenters. The summed E-state index contributed by atoms with van der Waals surface area (Å²) in [5.74, 6) is -0.662. The average Bonchev–Trinajstić information content (AvgIpc) is 3.19. The van der Waals surface area contributed by atoms with Gasteiger partial charge in [-0.25, -0.2) is 0 Å². The van der Waals surface area contributed by atoms with E-state index in [1.807, 2.05) is 24.3 Å². The summed E-state index contributed by atoms with van der Waals surface area (Å²) in [5, 5.41) is 12.0. The molecule has 3 aromatic rings. The predicted molar refractivity (Wildman–Crippen MR) is 97.2 cm³/mol. The second-order valence-electron chi connectivity index (χ2n) is 5.79. The predicted octanol–water partition coefficient (Wildman–Crippen LogP) is 2.40. The summed E-state index contributed by atoms with van der Waals surface area (Å²) in [6.45, 7) is 1.76. The van der Waals surface area contributed by atoms with Crippen LogP contribution >= 0.6 is 0 Å². The van der Waals surface area contributed by atoms with Crippen LogP contribution in [0.15, 0.2) is 67.0 Å². The maximum absolute atomic E-state index is 12.7. The van der Waals surface area contributed by atoms with Crippen molar-refractivity contribution in [2.45, 2.75) is 18.9 Å². The number of pyridine rings is 1. The van der Waals surface area contributed by atoms with E-state index in [0.29, 0.717) is 17.1 Å². The minimum atomic E-state index is -0.835. The summed E-state index contributed by atoms with van der Waals surface area (Å²) in [4.78, 5) is 29.6. The molecule has 3 N–H and O–H groups in total. The van der Waals surface area contributed by atoms with Gasteiger partial charge in [0.2, 0.25) is 5.91 Å². The molecule has 26 heavy (non-hydrogen) atoms. The fraction of sp³-hybridized carbons (Fsp3) is 0.158. The summed E-state index contributed by atoms with van der Waals surface area (Å²) in [6.07, 6.45) is 3.17. The molecule has 0 unspecified atom stereocenters. The van der Waals surface area contributed by atoms with Crippen molar-refractivity contribution >= 4 is 17.6 Å². The standard InChI is InChI=1S/C19H19N5O2/c1-13(15-9-5-6-11-20-15)18(25)23-17(14-7-3-2-4-8-14)19(26)22-16-10-12-21-24-16/h2-13,17H,1H3,(H,23,25)(H2,21,22,24,26)/t13-,17+/m0/s1. The van der Waals surface area contributed by atoms with Crippen LogP contribution in [0.5, 0.6) is 0 Å². The Labute approximate surface area is 150 Å². The van der Waals surface area contributed by atoms with Gasteiger partial charge < -0.3 is 10.6 Å². The Balaban J connectivity index is 1.79. The van der Waals surface area contributed by atoms with Gasteiger partial charge in [0.05, 0.1) is 17.8 Å². The number of nitrogens with one attached hydrogen (secondary N) is 3. The number of carbonyl (C=O) groups is 2. The Hall–Kier alpha value is -3.48. The summed E-state index contributed by atoms with van der Waals surface area (Å²) >= 11 is 0. The summed E-state index contributed by atoms with van der Waals surface area (Å²) in [6, 6.07) is 15.3. The molecule has 0 aliphatic rings. The van der Waals surface area contributed by atoms with Crippen molar-refractivity contribution in [2.24, 2.45) is 0 Å². The van der Waals surface area contributed by atoms with Crippen molar-refractivity contribution in [3.05, 3.63) is 78.2 Å². The number of nitrogens with zero attached hydrogens (tertiary/aromatic N) is 2. The molecule has 0 aliphatic carbocycles. The maximum atomic E-state index is 12.7. The number of hydrogen-bond donors (Lipinski definition) is 3. The number of H-pyrrole nitrogens is 1. The number of anilines is 1. The van der Waals surface area contributed by atoms with Crippen LogP contribution in [0.3, 0.4) is 0 Å². The molecule has 3 rings (SSSR count). The minimum absolute atomic E-state index is 0.280. The van der Waals surface area contributed by atoms with Gasteiger partial charge in [-0.05, 0) is 24.6 Å². The highest BCUT2D eigenvalue weighted by molar-refractivity contribution is 5.98. The molecule has 0 bridgehead atoms. The van der Waals surface area contributed by atoms with E-state index < -0.39 is 12.0 Å². The highest BCUT2D eigenvalue weighted by atomic mass is 16.2. The lowest BCUT2D eigenvalue weighted by atomic mass is 10.0. The highest BCUT2D eigenvalue weighted by Crippen LogP contribution is 2.18. The van der Waals surface area contributed by atoms with Gasteiger partial charge >= 0.3 is 0 Å². The molecule has 0 radical (unpaired) electrons. The van der Waals surface area contributed by atoms with Crippen molar-refractivity contribution in [3.8, 4) is 0 Å². The first-order chi connectivity index (χ1) is 12.6. The van der Waals surface area contributed by atoms with Crippen molar-refractivity contribution < 1.29 is 9.59 Å². The zero-order valence-corrected chi connectivity index (χ0v) is 14.2. The summed E-state index contributed by atoms with van der Waals surface area (Å²) in [7, 11) is 0. The number of benzene rings is 1. The molecule has 0 spiro atoms. The molecule has 1 aromatic carbocycles. The van der Waals surface area contributed by atoms with Crippen LogP contribution in [0.4, 0.5) is 5.82 Å². The Kier molecular flexibility index (Phi) is 5.38. The van der Waals surface area contributed by atoms with E-state index in [1.165, 1.54) is 6.20 Å². The minimum Gasteiger partial charge on any atom is -0.340 e. The third-order valence-electron chi connectivity index (χ3n) is 3.97. The second-order valence-corrected chi connectivity index (χ2v) is 5.79. The molecule has 7 nitrogen and oxygen atoms in total. The zero-order chi connectivity index (χ0) is 18.4. The number of aromatic amines is 1. The van der Waals surface area contributed by atoms with E-state index in [0.717, 1.165) is 0 Å². The maximum Gasteiger partial charge on any atom is 0.252 e. The Bertz CT molecular complexity index is 850. The zero-order valence-electron chi connectivity index (χ0n) is 14.2. The quantitative estimate of drug-likeness (QED) is 0.636. The molecule has 2 aromatic heterocycles. The van der Waals surface area contributed by atoms with Gasteiger partial charge in [-0.3, -0.25) is 19.7 Å². The fourth-order valence-corrected chi connectivity index (χ4v) is 2.51. The first-order valence-electron chi connectivity index (χ1n) is 8.21. The van der Waals surface area contributed by atoms with Crippen LogP contribution in [-0.4, -0.2) is 27.0 Å². The van der Waals surface area contributed by atoms with Gasteiger partial charge in [0.25, 0.3) is 5.91 Å². The lowest BCUT2D eigenvalue weighted by Crippen LogP contribution is -2.39. The lowest BCUT2D eigenvalue weighted by Gasteiger charge is -2.20. The molecule has 7 heteroatoms. The molecule has 0 saturated heterocycles. The average molecular weight is 349 g/mol. The van der Waals surface area contributed by atoms with E-state index in [1.54, 1.807) is 43.5 Å². The first-order valence-corrected chi connectivity index (χ1v) is 8.21. The van der Waals surface area contributed by atoms with Crippen LogP contribution in [-0.2, 0) is 9.59 Å². The molecule has 0 fully saturated rings. The number of aromatic nitrogens is 3. The largest absolute Gasteiger partial charge is 0.340 e. The second kappa shape index (κ2) is 8.06. The van der Waals surface area contributed by atoms with Crippen molar-refractivity contribution in [3.63, 3.8) is 0 Å². The van der Waals surface area contributed by atoms with Crippen LogP contribution in [0.25, 0.3) is 0 Å². The topological polar surface area (TPSA) is 99.8 Å². The van der Waals surface area contributed by atoms with Crippen molar-refractivity contribution in [1.82, 2.24) is 20.5 Å². The number of rotatable bonds is 6. The molecule has 2 heterocycles. The van der Waals surface area contributed by atoms with Gasteiger partial charge in [-0.2, -0.15) is 5.10 Å². The van der Waals surface area contributed by atoms with Crippen LogP contribution in [0.1, 0.15) is 30.1 Å². The van der Waals surface area contributed by atoms with Gasteiger partial charge in [0.15, 0.2) is 0 Å². The van der Waals surface area contributed by atoms with Crippen molar-refractivity contribution in [1.29, 1.82) is 0 Å². The molecular weight excluding hydrogens is 330 g/mol. The monoisotopic (exact) mass is 349 g/mol.